The number of hydrogen-bond acceptors (Lipinski definition) is 3. The highest BCUT2D eigenvalue weighted by atomic mass is 16.4. The molecule has 1 saturated heterocycles. The molecule has 2 unspecified atom stereocenters. The zero-order valence-corrected chi connectivity index (χ0v) is 14.9. The highest BCUT2D eigenvalue weighted by Crippen LogP contribution is 2.28. The Morgan fingerprint density at radius 2 is 1.42 bits per heavy atom. The van der Waals surface area contributed by atoms with Crippen molar-refractivity contribution in [3.05, 3.63) is 47.5 Å². The first-order valence-corrected chi connectivity index (χ1v) is 9.00. The molecule has 1 aliphatic heterocycles. The average Bonchev–Trinajstić information content (AvgIpc) is 2.67. The molecule has 6 heteroatoms. The molecule has 1 fully saturated rings. The average molecular weight is 356 g/mol. The van der Waals surface area contributed by atoms with Gasteiger partial charge in [0, 0.05) is 31.7 Å². The summed E-state index contributed by atoms with van der Waals surface area (Å²) in [5.74, 6) is -2.21. The van der Waals surface area contributed by atoms with E-state index in [0.717, 1.165) is 5.56 Å². The summed E-state index contributed by atoms with van der Waals surface area (Å²) in [4.78, 5) is 40.2. The van der Waals surface area contributed by atoms with E-state index in [1.807, 2.05) is 43.3 Å². The van der Waals surface area contributed by atoms with Gasteiger partial charge in [0.1, 0.15) is 0 Å². The van der Waals surface area contributed by atoms with Gasteiger partial charge >= 0.3 is 5.97 Å². The largest absolute Gasteiger partial charge is 0.481 e. The molecule has 0 saturated carbocycles. The fraction of sp³-hybridized carbons (Fsp3) is 0.450. The van der Waals surface area contributed by atoms with Gasteiger partial charge in [0.25, 0.3) is 5.91 Å². The van der Waals surface area contributed by atoms with Crippen LogP contribution in [0.3, 0.4) is 0 Å². The predicted octanol–water partition coefficient (Wildman–Crippen LogP) is 1.95. The van der Waals surface area contributed by atoms with Crippen molar-refractivity contribution in [2.24, 2.45) is 11.8 Å². The molecule has 6 nitrogen and oxygen atoms in total. The number of amides is 2. The summed E-state index contributed by atoms with van der Waals surface area (Å²) in [6, 6.07) is 7.47. The Labute approximate surface area is 153 Å². The maximum Gasteiger partial charge on any atom is 0.307 e. The molecular formula is C20H24N2O4. The number of carboxylic acids is 1. The molecule has 2 aliphatic rings. The van der Waals surface area contributed by atoms with Crippen LogP contribution in [0.5, 0.6) is 0 Å². The third kappa shape index (κ3) is 3.79. The normalized spacial score (nSPS) is 23.0. The molecule has 2 atom stereocenters. The molecule has 138 valence electrons. The van der Waals surface area contributed by atoms with E-state index in [2.05, 4.69) is 0 Å². The van der Waals surface area contributed by atoms with Gasteiger partial charge in [-0.1, -0.05) is 29.8 Å². The fourth-order valence-corrected chi connectivity index (χ4v) is 3.60. The minimum Gasteiger partial charge on any atom is -0.481 e. The molecule has 2 amide bonds. The summed E-state index contributed by atoms with van der Waals surface area (Å²) in [5, 5.41) is 9.36. The predicted molar refractivity (Wildman–Crippen MR) is 96.7 cm³/mol. The van der Waals surface area contributed by atoms with E-state index in [1.165, 1.54) is 0 Å². The smallest absolute Gasteiger partial charge is 0.307 e. The number of aryl methyl sites for hydroxylation is 1. The van der Waals surface area contributed by atoms with Crippen LogP contribution in [0.25, 0.3) is 0 Å². The molecule has 3 rings (SSSR count). The highest BCUT2D eigenvalue weighted by Gasteiger charge is 2.37. The number of benzene rings is 1. The lowest BCUT2D eigenvalue weighted by Gasteiger charge is -2.37. The molecule has 26 heavy (non-hydrogen) atoms. The molecule has 1 aromatic rings. The van der Waals surface area contributed by atoms with E-state index >= 15 is 0 Å². The van der Waals surface area contributed by atoms with Gasteiger partial charge in [-0.3, -0.25) is 14.4 Å². The van der Waals surface area contributed by atoms with Crippen LogP contribution in [0.1, 0.15) is 28.8 Å². The molecule has 0 spiro atoms. The van der Waals surface area contributed by atoms with Gasteiger partial charge in [0.05, 0.1) is 11.8 Å². The lowest BCUT2D eigenvalue weighted by Crippen LogP contribution is -2.53. The summed E-state index contributed by atoms with van der Waals surface area (Å²) >= 11 is 0. The van der Waals surface area contributed by atoms with Gasteiger partial charge in [-0.05, 0) is 31.9 Å². The molecule has 1 aromatic carbocycles. The van der Waals surface area contributed by atoms with Crippen molar-refractivity contribution in [1.82, 2.24) is 9.80 Å². The summed E-state index contributed by atoms with van der Waals surface area (Å²) in [5.41, 5.74) is 1.75. The minimum atomic E-state index is -0.916. The quantitative estimate of drug-likeness (QED) is 0.840. The Balaban J connectivity index is 1.60. The van der Waals surface area contributed by atoms with Crippen LogP contribution < -0.4 is 0 Å². The maximum atomic E-state index is 12.8. The van der Waals surface area contributed by atoms with Crippen molar-refractivity contribution >= 4 is 17.8 Å². The summed E-state index contributed by atoms with van der Waals surface area (Å²) < 4.78 is 0. The zero-order valence-electron chi connectivity index (χ0n) is 14.9. The Morgan fingerprint density at radius 3 is 2.00 bits per heavy atom. The monoisotopic (exact) mass is 356 g/mol. The first-order chi connectivity index (χ1) is 12.5. The van der Waals surface area contributed by atoms with E-state index < -0.39 is 17.8 Å². The number of rotatable bonds is 3. The van der Waals surface area contributed by atoms with Gasteiger partial charge in [-0.15, -0.1) is 0 Å². The second-order valence-corrected chi connectivity index (χ2v) is 6.98. The van der Waals surface area contributed by atoms with Gasteiger partial charge in [0.2, 0.25) is 5.91 Å². The summed E-state index contributed by atoms with van der Waals surface area (Å²) in [7, 11) is 0. The number of carbonyl (C=O) groups excluding carboxylic acids is 2. The number of allylic oxidation sites excluding steroid dienone is 2. The number of hydrogen-bond donors (Lipinski definition) is 1. The molecule has 1 N–H and O–H groups in total. The number of nitrogens with zero attached hydrogens (tertiary/aromatic N) is 2. The lowest BCUT2D eigenvalue weighted by atomic mass is 9.82. The molecule has 1 heterocycles. The molecule has 1 aliphatic carbocycles. The minimum absolute atomic E-state index is 0.0267. The van der Waals surface area contributed by atoms with Crippen molar-refractivity contribution in [2.75, 3.05) is 26.2 Å². The Hall–Kier alpha value is -2.63. The standard InChI is InChI=1S/C20H24N2O4/c1-14-6-8-15(9-7-14)18(23)21-10-12-22(13-11-21)19(24)16-4-2-3-5-17(16)20(25)26/h2-3,6-9,16-17H,4-5,10-13H2,1H3,(H,25,26). The second-order valence-electron chi connectivity index (χ2n) is 6.98. The SMILES string of the molecule is Cc1ccc(C(=O)N2CCN(C(=O)C3CC=CCC3C(=O)O)CC2)cc1. The van der Waals surface area contributed by atoms with Crippen molar-refractivity contribution in [1.29, 1.82) is 0 Å². The zero-order chi connectivity index (χ0) is 18.7. The van der Waals surface area contributed by atoms with Crippen molar-refractivity contribution in [3.63, 3.8) is 0 Å². The number of carbonyl (C=O) groups is 3. The van der Waals surface area contributed by atoms with Crippen LogP contribution in [0, 0.1) is 18.8 Å². The van der Waals surface area contributed by atoms with E-state index in [9.17, 15) is 19.5 Å². The van der Waals surface area contributed by atoms with Crippen LogP contribution in [0.4, 0.5) is 0 Å². The van der Waals surface area contributed by atoms with E-state index in [1.54, 1.807) is 9.80 Å². The fourth-order valence-electron chi connectivity index (χ4n) is 3.60. The van der Waals surface area contributed by atoms with Gasteiger partial charge in [-0.2, -0.15) is 0 Å². The molecule has 0 bridgehead atoms. The van der Waals surface area contributed by atoms with E-state index in [0.29, 0.717) is 44.6 Å². The van der Waals surface area contributed by atoms with Gasteiger partial charge < -0.3 is 14.9 Å². The third-order valence-electron chi connectivity index (χ3n) is 5.24. The van der Waals surface area contributed by atoms with Gasteiger partial charge in [0.15, 0.2) is 0 Å². The summed E-state index contributed by atoms with van der Waals surface area (Å²) in [6.45, 7) is 3.81. The molecular weight excluding hydrogens is 332 g/mol. The Bertz CT molecular complexity index is 718. The van der Waals surface area contributed by atoms with E-state index in [-0.39, 0.29) is 11.8 Å². The maximum absolute atomic E-state index is 12.8. The topological polar surface area (TPSA) is 77.9 Å². The van der Waals surface area contributed by atoms with Crippen LogP contribution in [-0.4, -0.2) is 58.9 Å². The number of carboxylic acid groups (broad SMARTS) is 1. The van der Waals surface area contributed by atoms with Crippen LogP contribution in [0.15, 0.2) is 36.4 Å². The first kappa shape index (κ1) is 18.2. The van der Waals surface area contributed by atoms with Crippen LogP contribution in [0.2, 0.25) is 0 Å². The number of aliphatic carboxylic acids is 1. The van der Waals surface area contributed by atoms with Crippen molar-refractivity contribution < 1.29 is 19.5 Å². The van der Waals surface area contributed by atoms with Crippen LogP contribution >= 0.6 is 0 Å². The Morgan fingerprint density at radius 1 is 0.885 bits per heavy atom. The van der Waals surface area contributed by atoms with Gasteiger partial charge in [-0.25, -0.2) is 0 Å². The Kier molecular flexibility index (Phi) is 5.40. The van der Waals surface area contributed by atoms with Crippen LogP contribution in [-0.2, 0) is 9.59 Å². The van der Waals surface area contributed by atoms with Crippen molar-refractivity contribution in [3.8, 4) is 0 Å². The van der Waals surface area contributed by atoms with E-state index in [4.69, 9.17) is 0 Å². The van der Waals surface area contributed by atoms with Crippen molar-refractivity contribution in [2.45, 2.75) is 19.8 Å². The molecule has 0 aromatic heterocycles. The number of piperazine rings is 1. The highest BCUT2D eigenvalue weighted by molar-refractivity contribution is 5.94. The molecule has 0 radical (unpaired) electrons. The first-order valence-electron chi connectivity index (χ1n) is 9.00. The summed E-state index contributed by atoms with van der Waals surface area (Å²) in [6.07, 6.45) is 4.59. The third-order valence-corrected chi connectivity index (χ3v) is 5.24. The lowest BCUT2D eigenvalue weighted by molar-refractivity contribution is -0.151. The second kappa shape index (κ2) is 7.72.